The minimum absolute atomic E-state index is 0.0404. The first-order valence-electron chi connectivity index (χ1n) is 9.76. The number of pyridine rings is 1. The maximum absolute atomic E-state index is 12.4. The first-order chi connectivity index (χ1) is 13.9. The smallest absolute Gasteiger partial charge is 0.241 e. The monoisotopic (exact) mass is 385 g/mol. The van der Waals surface area contributed by atoms with Crippen LogP contribution in [-0.4, -0.2) is 30.2 Å². The fraction of sp³-hybridized carbons (Fsp3) is 0.250. The average molecular weight is 385 g/mol. The van der Waals surface area contributed by atoms with Gasteiger partial charge in [0.05, 0.1) is 19.2 Å². The molecule has 0 unspecified atom stereocenters. The number of hydrogen-bond donors (Lipinski definition) is 1. The number of para-hydroxylation sites is 1. The molecule has 0 aliphatic carbocycles. The van der Waals surface area contributed by atoms with Crippen molar-refractivity contribution in [2.24, 2.45) is 0 Å². The van der Waals surface area contributed by atoms with Crippen LogP contribution in [0.25, 0.3) is 17.0 Å². The number of aromatic nitrogens is 1. The summed E-state index contributed by atoms with van der Waals surface area (Å²) in [7, 11) is 1.66. The molecular weight excluding hydrogens is 362 g/mol. The van der Waals surface area contributed by atoms with E-state index >= 15 is 0 Å². The van der Waals surface area contributed by atoms with Crippen LogP contribution in [0, 0.1) is 0 Å². The fourth-order valence-corrected chi connectivity index (χ4v) is 4.70. The van der Waals surface area contributed by atoms with E-state index in [-0.39, 0.29) is 11.3 Å². The Bertz CT molecular complexity index is 1170. The second-order valence-corrected chi connectivity index (χ2v) is 8.20. The van der Waals surface area contributed by atoms with Gasteiger partial charge < -0.3 is 15.0 Å². The van der Waals surface area contributed by atoms with E-state index in [1.54, 1.807) is 7.11 Å². The molecule has 2 aliphatic heterocycles. The first-order valence-corrected chi connectivity index (χ1v) is 9.76. The van der Waals surface area contributed by atoms with Gasteiger partial charge in [-0.05, 0) is 47.5 Å². The lowest BCUT2D eigenvalue weighted by molar-refractivity contribution is -0.118. The van der Waals surface area contributed by atoms with Gasteiger partial charge in [0.2, 0.25) is 5.91 Å². The third-order valence-corrected chi connectivity index (χ3v) is 6.31. The number of anilines is 1. The highest BCUT2D eigenvalue weighted by atomic mass is 16.5. The fourth-order valence-electron chi connectivity index (χ4n) is 4.70. The number of benzene rings is 2. The zero-order chi connectivity index (χ0) is 20.2. The van der Waals surface area contributed by atoms with Crippen LogP contribution >= 0.6 is 0 Å². The molecule has 5 heteroatoms. The molecule has 3 heterocycles. The Hall–Kier alpha value is -3.34. The summed E-state index contributed by atoms with van der Waals surface area (Å²) in [4.78, 5) is 19.2. The first kappa shape index (κ1) is 17.7. The van der Waals surface area contributed by atoms with Crippen LogP contribution in [0.15, 0.2) is 60.8 Å². The number of hydrogen-bond acceptors (Lipinski definition) is 4. The topological polar surface area (TPSA) is 54.5 Å². The Balaban J connectivity index is 1.59. The summed E-state index contributed by atoms with van der Waals surface area (Å²) in [5.41, 5.74) is 3.38. The highest BCUT2D eigenvalue weighted by Crippen LogP contribution is 2.52. The van der Waals surface area contributed by atoms with Crippen LogP contribution in [-0.2, 0) is 10.2 Å². The van der Waals surface area contributed by atoms with Crippen molar-refractivity contribution in [1.82, 2.24) is 10.3 Å². The number of nitrogens with one attached hydrogen (secondary N) is 1. The molecule has 0 saturated carbocycles. The second kappa shape index (κ2) is 6.08. The van der Waals surface area contributed by atoms with Gasteiger partial charge in [-0.15, -0.1) is 0 Å². The van der Waals surface area contributed by atoms with Gasteiger partial charge in [-0.3, -0.25) is 9.78 Å². The molecular formula is C24H23N3O2. The molecule has 5 nitrogen and oxygen atoms in total. The number of fused-ring (bicyclic) bond motifs is 4. The maximum Gasteiger partial charge on any atom is 0.241 e. The summed E-state index contributed by atoms with van der Waals surface area (Å²) >= 11 is 0. The van der Waals surface area contributed by atoms with Crippen molar-refractivity contribution in [2.75, 3.05) is 18.6 Å². The molecule has 1 amide bonds. The Kier molecular flexibility index (Phi) is 3.72. The van der Waals surface area contributed by atoms with Crippen LogP contribution in [0.4, 0.5) is 5.69 Å². The van der Waals surface area contributed by atoms with E-state index in [1.807, 2.05) is 30.5 Å². The molecule has 1 atom stereocenters. The number of methoxy groups -OCH3 is 1. The Morgan fingerprint density at radius 1 is 1.17 bits per heavy atom. The van der Waals surface area contributed by atoms with Crippen LogP contribution in [0.5, 0.6) is 5.75 Å². The molecule has 1 saturated heterocycles. The van der Waals surface area contributed by atoms with Crippen LogP contribution in [0.2, 0.25) is 0 Å². The summed E-state index contributed by atoms with van der Waals surface area (Å²) in [6.45, 7) is 4.73. The van der Waals surface area contributed by atoms with E-state index in [2.05, 4.69) is 65.5 Å². The zero-order valence-electron chi connectivity index (χ0n) is 16.8. The van der Waals surface area contributed by atoms with Gasteiger partial charge in [0.25, 0.3) is 0 Å². The van der Waals surface area contributed by atoms with Crippen molar-refractivity contribution in [3.63, 3.8) is 0 Å². The van der Waals surface area contributed by atoms with Gasteiger partial charge in [0.1, 0.15) is 11.4 Å². The van der Waals surface area contributed by atoms with Crippen molar-refractivity contribution in [1.29, 1.82) is 0 Å². The summed E-state index contributed by atoms with van der Waals surface area (Å²) < 4.78 is 5.33. The van der Waals surface area contributed by atoms with Gasteiger partial charge >= 0.3 is 0 Å². The van der Waals surface area contributed by atoms with Gasteiger partial charge in [-0.2, -0.15) is 0 Å². The third-order valence-electron chi connectivity index (χ3n) is 6.31. The van der Waals surface area contributed by atoms with Gasteiger partial charge in [0.15, 0.2) is 0 Å². The third kappa shape index (κ3) is 2.47. The van der Waals surface area contributed by atoms with Gasteiger partial charge in [-0.1, -0.05) is 38.1 Å². The molecule has 0 radical (unpaired) electrons. The minimum atomic E-state index is -0.600. The lowest BCUT2D eigenvalue weighted by Crippen LogP contribution is -2.58. The number of amides is 1. The minimum Gasteiger partial charge on any atom is -0.497 e. The van der Waals surface area contributed by atoms with E-state index in [4.69, 9.17) is 4.74 Å². The van der Waals surface area contributed by atoms with Crippen molar-refractivity contribution in [3.8, 4) is 5.75 Å². The summed E-state index contributed by atoms with van der Waals surface area (Å²) in [6.07, 6.45) is 6.03. The number of ether oxygens (including phenoxy) is 1. The molecule has 1 fully saturated rings. The molecule has 146 valence electrons. The molecule has 1 N–H and O–H groups in total. The molecule has 2 aromatic carbocycles. The lowest BCUT2D eigenvalue weighted by Gasteiger charge is -2.40. The van der Waals surface area contributed by atoms with Crippen LogP contribution in [0.3, 0.4) is 0 Å². The van der Waals surface area contributed by atoms with Crippen LogP contribution in [0.1, 0.15) is 25.0 Å². The zero-order valence-corrected chi connectivity index (χ0v) is 16.8. The number of carbonyl (C=O) groups excluding carboxylic acids is 1. The highest BCUT2D eigenvalue weighted by Gasteiger charge is 2.59. The van der Waals surface area contributed by atoms with Gasteiger partial charge in [-0.25, -0.2) is 0 Å². The molecule has 5 rings (SSSR count). The number of rotatable bonds is 3. The van der Waals surface area contributed by atoms with Crippen molar-refractivity contribution in [2.45, 2.75) is 24.9 Å². The molecule has 1 aromatic heterocycles. The van der Waals surface area contributed by atoms with E-state index < -0.39 is 5.66 Å². The SMILES string of the molecule is COc1ccc2ncc(/C=C/[C@]34NC(=O)CN3c3ccccc3C4(C)C)cc2c1. The van der Waals surface area contributed by atoms with E-state index in [0.29, 0.717) is 6.54 Å². The standard InChI is InChI=1S/C24H23N3O2/c1-23(2)19-6-4-5-7-21(19)27-15-22(28)26-24(23,27)11-10-16-12-17-13-18(29-3)8-9-20(17)25-14-16/h4-14H,15H2,1-3H3,(H,26,28)/b11-10+/t24-/m0/s1. The van der Waals surface area contributed by atoms with Crippen molar-refractivity contribution < 1.29 is 9.53 Å². The molecule has 2 aliphatic rings. The summed E-state index contributed by atoms with van der Waals surface area (Å²) in [5, 5.41) is 4.27. The summed E-state index contributed by atoms with van der Waals surface area (Å²) in [6, 6.07) is 16.3. The van der Waals surface area contributed by atoms with E-state index in [1.165, 1.54) is 5.56 Å². The normalized spacial score (nSPS) is 22.0. The van der Waals surface area contributed by atoms with Gasteiger partial charge in [0, 0.05) is 22.7 Å². The van der Waals surface area contributed by atoms with Crippen molar-refractivity contribution in [3.05, 3.63) is 71.9 Å². The predicted molar refractivity (Wildman–Crippen MR) is 115 cm³/mol. The molecule has 0 spiro atoms. The molecule has 3 aromatic rings. The van der Waals surface area contributed by atoms with E-state index in [0.717, 1.165) is 27.9 Å². The number of carbonyl (C=O) groups is 1. The average Bonchev–Trinajstić information content (AvgIpc) is 3.16. The Morgan fingerprint density at radius 3 is 2.83 bits per heavy atom. The second-order valence-electron chi connectivity index (χ2n) is 8.20. The Morgan fingerprint density at radius 2 is 2.00 bits per heavy atom. The van der Waals surface area contributed by atoms with Crippen molar-refractivity contribution >= 4 is 28.6 Å². The van der Waals surface area contributed by atoms with Crippen LogP contribution < -0.4 is 15.0 Å². The highest BCUT2D eigenvalue weighted by molar-refractivity contribution is 5.92. The quantitative estimate of drug-likeness (QED) is 0.743. The van der Waals surface area contributed by atoms with E-state index in [9.17, 15) is 4.79 Å². The molecule has 0 bridgehead atoms. The lowest BCUT2D eigenvalue weighted by atomic mass is 9.75. The number of nitrogens with zero attached hydrogens (tertiary/aromatic N) is 2. The Labute approximate surface area is 170 Å². The maximum atomic E-state index is 12.4. The predicted octanol–water partition coefficient (Wildman–Crippen LogP) is 3.88. The summed E-state index contributed by atoms with van der Waals surface area (Å²) in [5.74, 6) is 0.847. The molecule has 29 heavy (non-hydrogen) atoms. The largest absolute Gasteiger partial charge is 0.497 e.